The number of hydrogen-bond acceptors (Lipinski definition) is 8. The highest BCUT2D eigenvalue weighted by Gasteiger charge is 2.49. The number of aromatic nitrogens is 2. The van der Waals surface area contributed by atoms with Crippen molar-refractivity contribution in [3.8, 4) is 0 Å². The van der Waals surface area contributed by atoms with Gasteiger partial charge in [-0.25, -0.2) is 4.98 Å². The van der Waals surface area contributed by atoms with Gasteiger partial charge in [0.15, 0.2) is 0 Å². The zero-order chi connectivity index (χ0) is 22.9. The molecule has 2 fully saturated rings. The minimum absolute atomic E-state index is 0.0862. The van der Waals surface area contributed by atoms with Crippen LogP contribution in [0.3, 0.4) is 0 Å². The highest BCUT2D eigenvalue weighted by molar-refractivity contribution is 5.99. The average Bonchev–Trinajstić information content (AvgIpc) is 3.55. The lowest BCUT2D eigenvalue weighted by molar-refractivity contribution is -0.129. The van der Waals surface area contributed by atoms with Crippen LogP contribution in [0.5, 0.6) is 0 Å². The van der Waals surface area contributed by atoms with Gasteiger partial charge in [0.05, 0.1) is 5.56 Å². The van der Waals surface area contributed by atoms with Crippen molar-refractivity contribution >= 4 is 40.9 Å². The summed E-state index contributed by atoms with van der Waals surface area (Å²) in [6.45, 7) is 4.56. The van der Waals surface area contributed by atoms with Gasteiger partial charge < -0.3 is 31.9 Å². The standard InChI is InChI=1S/C21H26N8O3/c1-13(30)28-8-10-29(11-9-28)15-4-2-14(3-5-15)25-20-24-12-16(17(22)31)18(26-20)27-21(6-7-21)19(23)32/h2-5,12H,6-11H2,1H3,(H2,22,31)(H2,23,32)(H2,24,25,26,27). The van der Waals surface area contributed by atoms with E-state index in [4.69, 9.17) is 11.5 Å². The zero-order valence-electron chi connectivity index (χ0n) is 17.8. The molecule has 32 heavy (non-hydrogen) atoms. The molecule has 11 nitrogen and oxygen atoms in total. The summed E-state index contributed by atoms with van der Waals surface area (Å²) < 4.78 is 0. The predicted octanol–water partition coefficient (Wildman–Crippen LogP) is 0.417. The number of benzene rings is 1. The molecule has 2 aromatic rings. The van der Waals surface area contributed by atoms with E-state index < -0.39 is 17.4 Å². The van der Waals surface area contributed by atoms with Gasteiger partial charge in [0.2, 0.25) is 17.8 Å². The molecule has 1 aliphatic heterocycles. The molecule has 1 saturated carbocycles. The summed E-state index contributed by atoms with van der Waals surface area (Å²) in [5, 5.41) is 6.06. The van der Waals surface area contributed by atoms with Gasteiger partial charge in [0.25, 0.3) is 5.91 Å². The maximum absolute atomic E-state index is 11.8. The molecule has 0 atom stereocenters. The molecule has 1 aromatic carbocycles. The van der Waals surface area contributed by atoms with E-state index in [1.165, 1.54) is 6.20 Å². The third-order valence-electron chi connectivity index (χ3n) is 5.85. The Morgan fingerprint density at radius 1 is 1.03 bits per heavy atom. The van der Waals surface area contributed by atoms with E-state index in [-0.39, 0.29) is 23.2 Å². The Kier molecular flexibility index (Phi) is 5.56. The summed E-state index contributed by atoms with van der Waals surface area (Å²) in [5.41, 5.74) is 11.9. The number of rotatable bonds is 7. The number of hydrogen-bond donors (Lipinski definition) is 4. The molecule has 4 rings (SSSR count). The Bertz CT molecular complexity index is 1040. The molecule has 0 radical (unpaired) electrons. The van der Waals surface area contributed by atoms with E-state index >= 15 is 0 Å². The van der Waals surface area contributed by atoms with Crippen molar-refractivity contribution in [1.82, 2.24) is 14.9 Å². The number of anilines is 4. The number of nitrogens with one attached hydrogen (secondary N) is 2. The first-order valence-corrected chi connectivity index (χ1v) is 10.4. The fourth-order valence-electron chi connectivity index (χ4n) is 3.67. The van der Waals surface area contributed by atoms with Gasteiger partial charge in [0, 0.05) is 50.7 Å². The fraction of sp³-hybridized carbons (Fsp3) is 0.381. The van der Waals surface area contributed by atoms with Crippen molar-refractivity contribution in [3.05, 3.63) is 36.0 Å². The van der Waals surface area contributed by atoms with Gasteiger partial charge >= 0.3 is 0 Å². The topological polar surface area (TPSA) is 160 Å². The number of carbonyl (C=O) groups excluding carboxylic acids is 3. The van der Waals surface area contributed by atoms with Crippen LogP contribution in [0.1, 0.15) is 30.1 Å². The number of piperazine rings is 1. The lowest BCUT2D eigenvalue weighted by Crippen LogP contribution is -2.48. The summed E-state index contributed by atoms with van der Waals surface area (Å²) in [7, 11) is 0. The van der Waals surface area contributed by atoms with E-state index in [0.29, 0.717) is 25.9 Å². The minimum Gasteiger partial charge on any atom is -0.368 e. The summed E-state index contributed by atoms with van der Waals surface area (Å²) >= 11 is 0. The molecular formula is C21H26N8O3. The summed E-state index contributed by atoms with van der Waals surface area (Å²) in [5.74, 6) is -0.676. The van der Waals surface area contributed by atoms with E-state index in [1.807, 2.05) is 29.2 Å². The number of primary amides is 2. The lowest BCUT2D eigenvalue weighted by atomic mass is 10.2. The molecule has 0 unspecified atom stereocenters. The van der Waals surface area contributed by atoms with Crippen molar-refractivity contribution in [1.29, 1.82) is 0 Å². The highest BCUT2D eigenvalue weighted by Crippen LogP contribution is 2.39. The average molecular weight is 438 g/mol. The molecule has 0 spiro atoms. The third-order valence-corrected chi connectivity index (χ3v) is 5.85. The van der Waals surface area contributed by atoms with Crippen LogP contribution in [-0.2, 0) is 9.59 Å². The zero-order valence-corrected chi connectivity index (χ0v) is 17.8. The van der Waals surface area contributed by atoms with Crippen LogP contribution in [0.4, 0.5) is 23.1 Å². The predicted molar refractivity (Wildman–Crippen MR) is 120 cm³/mol. The third kappa shape index (κ3) is 4.41. The number of nitrogens with two attached hydrogens (primary N) is 2. The van der Waals surface area contributed by atoms with Gasteiger partial charge in [-0.15, -0.1) is 0 Å². The second kappa shape index (κ2) is 8.33. The Morgan fingerprint density at radius 3 is 2.22 bits per heavy atom. The van der Waals surface area contributed by atoms with Crippen LogP contribution in [0, 0.1) is 0 Å². The van der Waals surface area contributed by atoms with Crippen LogP contribution < -0.4 is 27.0 Å². The molecule has 1 aromatic heterocycles. The van der Waals surface area contributed by atoms with E-state index in [0.717, 1.165) is 24.5 Å². The van der Waals surface area contributed by atoms with Crippen LogP contribution in [-0.4, -0.2) is 64.3 Å². The SMILES string of the molecule is CC(=O)N1CCN(c2ccc(Nc3ncc(C(N)=O)c(NC4(C(N)=O)CC4)n3)cc2)CC1. The van der Waals surface area contributed by atoms with Gasteiger partial charge in [-0.3, -0.25) is 14.4 Å². The molecule has 6 N–H and O–H groups in total. The highest BCUT2D eigenvalue weighted by atomic mass is 16.2. The largest absolute Gasteiger partial charge is 0.368 e. The molecule has 168 valence electrons. The summed E-state index contributed by atoms with van der Waals surface area (Å²) in [6, 6.07) is 7.76. The van der Waals surface area contributed by atoms with Crippen molar-refractivity contribution in [3.63, 3.8) is 0 Å². The Balaban J connectivity index is 1.46. The first-order valence-electron chi connectivity index (χ1n) is 10.4. The quantitative estimate of drug-likeness (QED) is 0.484. The number of carbonyl (C=O) groups is 3. The molecule has 3 amide bonds. The monoisotopic (exact) mass is 438 g/mol. The molecule has 1 saturated heterocycles. The minimum atomic E-state index is -0.899. The van der Waals surface area contributed by atoms with Crippen LogP contribution in [0.25, 0.3) is 0 Å². The Labute approximate surface area is 185 Å². The van der Waals surface area contributed by atoms with Crippen LogP contribution in [0.15, 0.2) is 30.5 Å². The van der Waals surface area contributed by atoms with Gasteiger partial charge in [0.1, 0.15) is 11.4 Å². The van der Waals surface area contributed by atoms with Crippen LogP contribution in [0.2, 0.25) is 0 Å². The van der Waals surface area contributed by atoms with E-state index in [2.05, 4.69) is 25.5 Å². The van der Waals surface area contributed by atoms with Crippen molar-refractivity contribution in [2.45, 2.75) is 25.3 Å². The van der Waals surface area contributed by atoms with Crippen molar-refractivity contribution in [2.24, 2.45) is 11.5 Å². The normalized spacial score (nSPS) is 16.9. The summed E-state index contributed by atoms with van der Waals surface area (Å²) in [4.78, 5) is 47.5. The van der Waals surface area contributed by atoms with Gasteiger partial charge in [-0.2, -0.15) is 4.98 Å². The smallest absolute Gasteiger partial charge is 0.254 e. The molecule has 1 aliphatic carbocycles. The van der Waals surface area contributed by atoms with Crippen molar-refractivity contribution in [2.75, 3.05) is 41.7 Å². The Hall–Kier alpha value is -3.89. The lowest BCUT2D eigenvalue weighted by Gasteiger charge is -2.35. The van der Waals surface area contributed by atoms with Gasteiger partial charge in [-0.05, 0) is 37.1 Å². The first-order chi connectivity index (χ1) is 15.3. The van der Waals surface area contributed by atoms with E-state index in [9.17, 15) is 14.4 Å². The van der Waals surface area contributed by atoms with E-state index in [1.54, 1.807) is 6.92 Å². The van der Waals surface area contributed by atoms with Crippen LogP contribution >= 0.6 is 0 Å². The molecular weight excluding hydrogens is 412 g/mol. The maximum Gasteiger partial charge on any atom is 0.254 e. The molecule has 0 bridgehead atoms. The first kappa shape index (κ1) is 21.3. The molecule has 2 aliphatic rings. The van der Waals surface area contributed by atoms with Gasteiger partial charge in [-0.1, -0.05) is 0 Å². The molecule has 11 heteroatoms. The summed E-state index contributed by atoms with van der Waals surface area (Å²) in [6.07, 6.45) is 2.45. The van der Waals surface area contributed by atoms with Crippen molar-refractivity contribution < 1.29 is 14.4 Å². The fourth-order valence-corrected chi connectivity index (χ4v) is 3.67. The number of nitrogens with zero attached hydrogens (tertiary/aromatic N) is 4. The Morgan fingerprint density at radius 2 is 1.69 bits per heavy atom. The molecule has 2 heterocycles. The second-order valence-electron chi connectivity index (χ2n) is 8.06. The maximum atomic E-state index is 11.8. The number of amides is 3. The second-order valence-corrected chi connectivity index (χ2v) is 8.06.